The standard InChI is InChI=1S/C26H40N4O2S/c1-2-27-26(33-19-22-6-4-3-5-7-22)30-16-10-21(8-9-25(30)31)13-17-32-20-28-24-18-29-14-11-23(24)12-15-29/h8-11,22,24,28H,2-7,12-20H2,1H3. The van der Waals surface area contributed by atoms with Crippen LogP contribution in [0.15, 0.2) is 40.4 Å². The number of hydrogen-bond donors (Lipinski definition) is 1. The van der Waals surface area contributed by atoms with E-state index in [1.54, 1.807) is 23.4 Å². The van der Waals surface area contributed by atoms with Crippen LogP contribution in [0.4, 0.5) is 0 Å². The summed E-state index contributed by atoms with van der Waals surface area (Å²) in [5, 5.41) is 4.41. The van der Waals surface area contributed by atoms with Gasteiger partial charge in [0.2, 0.25) is 0 Å². The van der Waals surface area contributed by atoms with Crippen LogP contribution < -0.4 is 5.32 Å². The van der Waals surface area contributed by atoms with Gasteiger partial charge in [-0.25, -0.2) is 0 Å². The molecule has 4 aliphatic heterocycles. The molecule has 1 saturated carbocycles. The second kappa shape index (κ2) is 12.9. The SMILES string of the molecule is CCN=C(SCC1CCCCC1)N1CC=C(CCOCNC2CN3CC=C2CC3)C=CC1=O. The zero-order valence-electron chi connectivity index (χ0n) is 20.1. The molecule has 2 atom stereocenters. The third-order valence-electron chi connectivity index (χ3n) is 7.12. The van der Waals surface area contributed by atoms with Crippen molar-refractivity contribution in [3.8, 4) is 0 Å². The minimum absolute atomic E-state index is 0.0304. The molecule has 0 aromatic carbocycles. The zero-order valence-corrected chi connectivity index (χ0v) is 21.0. The molecule has 0 aromatic rings. The number of carbonyl (C=O) groups is 1. The van der Waals surface area contributed by atoms with Crippen molar-refractivity contribution < 1.29 is 9.53 Å². The molecule has 1 amide bonds. The van der Waals surface area contributed by atoms with Crippen LogP contribution >= 0.6 is 11.8 Å². The summed E-state index contributed by atoms with van der Waals surface area (Å²) in [6.07, 6.45) is 16.9. The molecule has 1 N–H and O–H groups in total. The number of carbonyl (C=O) groups excluding carboxylic acids is 1. The summed E-state index contributed by atoms with van der Waals surface area (Å²) in [5.41, 5.74) is 2.70. The number of allylic oxidation sites excluding steroid dienone is 1. The van der Waals surface area contributed by atoms with Crippen molar-refractivity contribution in [1.82, 2.24) is 15.1 Å². The fourth-order valence-corrected chi connectivity index (χ4v) is 6.34. The van der Waals surface area contributed by atoms with Gasteiger partial charge in [0.1, 0.15) is 0 Å². The van der Waals surface area contributed by atoms with Gasteiger partial charge in [0.25, 0.3) is 5.91 Å². The maximum absolute atomic E-state index is 12.8. The van der Waals surface area contributed by atoms with Gasteiger partial charge >= 0.3 is 0 Å². The molecule has 33 heavy (non-hydrogen) atoms. The molecule has 4 heterocycles. The highest BCUT2D eigenvalue weighted by Gasteiger charge is 2.27. The normalized spacial score (nSPS) is 26.4. The second-order valence-electron chi connectivity index (χ2n) is 9.48. The number of hydrogen-bond acceptors (Lipinski definition) is 6. The topological polar surface area (TPSA) is 57.2 Å². The first-order valence-electron chi connectivity index (χ1n) is 12.8. The van der Waals surface area contributed by atoms with Gasteiger partial charge in [-0.1, -0.05) is 54.8 Å². The maximum atomic E-state index is 12.8. The van der Waals surface area contributed by atoms with E-state index in [1.807, 2.05) is 17.9 Å². The summed E-state index contributed by atoms with van der Waals surface area (Å²) < 4.78 is 5.88. The van der Waals surface area contributed by atoms with Crippen LogP contribution in [-0.2, 0) is 9.53 Å². The Hall–Kier alpha value is -1.41. The smallest absolute Gasteiger partial charge is 0.252 e. The molecule has 1 aliphatic carbocycles. The van der Waals surface area contributed by atoms with Gasteiger partial charge in [-0.15, -0.1) is 0 Å². The molecule has 0 radical (unpaired) electrons. The average molecular weight is 473 g/mol. The number of fused-ring (bicyclic) bond motifs is 3. The number of piperidine rings is 1. The van der Waals surface area contributed by atoms with Crippen LogP contribution in [-0.4, -0.2) is 78.7 Å². The quantitative estimate of drug-likeness (QED) is 0.181. The molecule has 7 heteroatoms. The Morgan fingerprint density at radius 3 is 2.82 bits per heavy atom. The first-order chi connectivity index (χ1) is 16.2. The van der Waals surface area contributed by atoms with Crippen molar-refractivity contribution in [2.24, 2.45) is 10.9 Å². The molecule has 5 rings (SSSR count). The van der Waals surface area contributed by atoms with Crippen LogP contribution in [0.1, 0.15) is 51.9 Å². The number of aliphatic imine (C=N–C) groups is 1. The van der Waals surface area contributed by atoms with E-state index in [0.717, 1.165) is 41.9 Å². The highest BCUT2D eigenvalue weighted by Crippen LogP contribution is 2.28. The van der Waals surface area contributed by atoms with Crippen molar-refractivity contribution in [2.45, 2.75) is 57.9 Å². The second-order valence-corrected chi connectivity index (χ2v) is 10.5. The van der Waals surface area contributed by atoms with Crippen molar-refractivity contribution in [3.63, 3.8) is 0 Å². The molecule has 182 valence electrons. The Bertz CT molecular complexity index is 785. The largest absolute Gasteiger partial charge is 0.366 e. The third kappa shape index (κ3) is 7.28. The lowest BCUT2D eigenvalue weighted by molar-refractivity contribution is -0.121. The molecule has 0 spiro atoms. The van der Waals surface area contributed by atoms with E-state index >= 15 is 0 Å². The lowest BCUT2D eigenvalue weighted by atomic mass is 9.91. The van der Waals surface area contributed by atoms with Gasteiger partial charge in [-0.3, -0.25) is 24.9 Å². The third-order valence-corrected chi connectivity index (χ3v) is 8.37. The van der Waals surface area contributed by atoms with Gasteiger partial charge in [0, 0.05) is 50.6 Å². The molecule has 1 saturated heterocycles. The van der Waals surface area contributed by atoms with E-state index in [9.17, 15) is 4.79 Å². The Labute approximate surface area is 203 Å². The number of nitrogens with zero attached hydrogens (tertiary/aromatic N) is 3. The van der Waals surface area contributed by atoms with E-state index in [1.165, 1.54) is 45.1 Å². The summed E-state index contributed by atoms with van der Waals surface area (Å²) in [6.45, 7) is 7.96. The van der Waals surface area contributed by atoms with Gasteiger partial charge in [-0.05, 0) is 44.1 Å². The molecule has 2 fully saturated rings. The summed E-state index contributed by atoms with van der Waals surface area (Å²) in [4.78, 5) is 21.8. The van der Waals surface area contributed by atoms with Crippen LogP contribution in [0.3, 0.4) is 0 Å². The van der Waals surface area contributed by atoms with Crippen LogP contribution in [0, 0.1) is 5.92 Å². The lowest BCUT2D eigenvalue weighted by Crippen LogP contribution is -2.50. The van der Waals surface area contributed by atoms with Gasteiger partial charge in [0.15, 0.2) is 5.17 Å². The highest BCUT2D eigenvalue weighted by molar-refractivity contribution is 8.13. The number of ether oxygens (including phenoxy) is 1. The number of rotatable bonds is 9. The van der Waals surface area contributed by atoms with Crippen molar-refractivity contribution >= 4 is 22.8 Å². The van der Waals surface area contributed by atoms with Crippen molar-refractivity contribution in [3.05, 3.63) is 35.5 Å². The first-order valence-corrected chi connectivity index (χ1v) is 13.8. The van der Waals surface area contributed by atoms with Crippen molar-refractivity contribution in [2.75, 3.05) is 51.8 Å². The van der Waals surface area contributed by atoms with Crippen LogP contribution in [0.2, 0.25) is 0 Å². The van der Waals surface area contributed by atoms with Crippen LogP contribution in [0.5, 0.6) is 0 Å². The lowest BCUT2D eigenvalue weighted by Gasteiger charge is -2.39. The molecule has 6 nitrogen and oxygen atoms in total. The van der Waals surface area contributed by atoms with Crippen LogP contribution in [0.25, 0.3) is 0 Å². The van der Waals surface area contributed by atoms with Gasteiger partial charge in [-0.2, -0.15) is 0 Å². The Morgan fingerprint density at radius 1 is 1.21 bits per heavy atom. The van der Waals surface area contributed by atoms with E-state index < -0.39 is 0 Å². The minimum atomic E-state index is 0.0304. The number of amides is 1. The fraction of sp³-hybridized carbons (Fsp3) is 0.692. The molecule has 5 aliphatic rings. The molecule has 2 unspecified atom stereocenters. The Kier molecular flexibility index (Phi) is 9.65. The Morgan fingerprint density at radius 2 is 2.09 bits per heavy atom. The van der Waals surface area contributed by atoms with E-state index in [-0.39, 0.29) is 5.91 Å². The predicted octanol–water partition coefficient (Wildman–Crippen LogP) is 3.97. The van der Waals surface area contributed by atoms with E-state index in [4.69, 9.17) is 4.74 Å². The summed E-state index contributed by atoms with van der Waals surface area (Å²) in [6, 6.07) is 0.443. The van der Waals surface area contributed by atoms with Gasteiger partial charge < -0.3 is 4.74 Å². The fourth-order valence-electron chi connectivity index (χ4n) is 5.09. The number of nitrogens with one attached hydrogen (secondary N) is 1. The number of amidine groups is 1. The Balaban J connectivity index is 1.21. The van der Waals surface area contributed by atoms with E-state index in [2.05, 4.69) is 27.4 Å². The summed E-state index contributed by atoms with van der Waals surface area (Å²) in [5.74, 6) is 1.86. The highest BCUT2D eigenvalue weighted by atomic mass is 32.2. The molecular weight excluding hydrogens is 432 g/mol. The average Bonchev–Trinajstić information content (AvgIpc) is 3.04. The minimum Gasteiger partial charge on any atom is -0.366 e. The predicted molar refractivity (Wildman–Crippen MR) is 137 cm³/mol. The van der Waals surface area contributed by atoms with E-state index in [0.29, 0.717) is 32.5 Å². The summed E-state index contributed by atoms with van der Waals surface area (Å²) in [7, 11) is 0. The van der Waals surface area contributed by atoms with Gasteiger partial charge in [0.05, 0.1) is 13.3 Å². The molecular formula is C26H40N4O2S. The first kappa shape index (κ1) is 24.7. The summed E-state index contributed by atoms with van der Waals surface area (Å²) >= 11 is 1.77. The van der Waals surface area contributed by atoms with Crippen molar-refractivity contribution in [1.29, 1.82) is 0 Å². The molecule has 2 bridgehead atoms. The molecule has 0 aromatic heterocycles. The zero-order chi connectivity index (χ0) is 22.9. The maximum Gasteiger partial charge on any atom is 0.252 e. The monoisotopic (exact) mass is 472 g/mol. The number of thioether (sulfide) groups is 1.